The summed E-state index contributed by atoms with van der Waals surface area (Å²) in [5.41, 5.74) is 3.55. The molecule has 1 aromatic carbocycles. The standard InChI is InChI=1S/C8H6BrF4N/c9-3-4-5(8(11,12)13)1-2-6(10)7(4)14/h1-2H,3,14H2. The van der Waals surface area contributed by atoms with Crippen LogP contribution in [0.4, 0.5) is 23.2 Å². The predicted molar refractivity (Wildman–Crippen MR) is 48.4 cm³/mol. The maximum atomic E-state index is 12.8. The Hall–Kier alpha value is -0.780. The van der Waals surface area contributed by atoms with Crippen LogP contribution < -0.4 is 5.73 Å². The molecule has 78 valence electrons. The van der Waals surface area contributed by atoms with Crippen LogP contribution >= 0.6 is 15.9 Å². The smallest absolute Gasteiger partial charge is 0.396 e. The van der Waals surface area contributed by atoms with Gasteiger partial charge in [0.05, 0.1) is 11.3 Å². The Balaban J connectivity index is 3.39. The quantitative estimate of drug-likeness (QED) is 0.473. The number of hydrogen-bond acceptors (Lipinski definition) is 1. The molecule has 0 saturated heterocycles. The van der Waals surface area contributed by atoms with Crippen molar-refractivity contribution < 1.29 is 17.6 Å². The molecule has 1 aromatic rings. The Kier molecular flexibility index (Phi) is 3.04. The average molecular weight is 272 g/mol. The van der Waals surface area contributed by atoms with Gasteiger partial charge in [-0.2, -0.15) is 13.2 Å². The summed E-state index contributed by atoms with van der Waals surface area (Å²) in [4.78, 5) is 0. The van der Waals surface area contributed by atoms with Gasteiger partial charge in [-0.05, 0) is 12.1 Å². The van der Waals surface area contributed by atoms with Gasteiger partial charge in [0.15, 0.2) is 0 Å². The zero-order valence-corrected chi connectivity index (χ0v) is 8.41. The second kappa shape index (κ2) is 3.76. The third-order valence-corrected chi connectivity index (χ3v) is 2.30. The minimum Gasteiger partial charge on any atom is -0.396 e. The van der Waals surface area contributed by atoms with Crippen LogP contribution in [0.2, 0.25) is 0 Å². The molecule has 0 bridgehead atoms. The van der Waals surface area contributed by atoms with Gasteiger partial charge in [-0.15, -0.1) is 0 Å². The highest BCUT2D eigenvalue weighted by Crippen LogP contribution is 2.36. The van der Waals surface area contributed by atoms with Crippen LogP contribution in [0.1, 0.15) is 11.1 Å². The number of nitrogen functional groups attached to an aromatic ring is 1. The van der Waals surface area contributed by atoms with Crippen molar-refractivity contribution >= 4 is 21.6 Å². The molecule has 1 rings (SSSR count). The number of hydrogen-bond donors (Lipinski definition) is 1. The maximum Gasteiger partial charge on any atom is 0.416 e. The Morgan fingerprint density at radius 3 is 2.29 bits per heavy atom. The molecule has 0 aliphatic rings. The first-order valence-electron chi connectivity index (χ1n) is 3.58. The van der Waals surface area contributed by atoms with Gasteiger partial charge in [-0.1, -0.05) is 15.9 Å². The lowest BCUT2D eigenvalue weighted by Gasteiger charge is -2.13. The summed E-state index contributed by atoms with van der Waals surface area (Å²) in [6, 6.07) is 1.40. The van der Waals surface area contributed by atoms with Gasteiger partial charge in [0.25, 0.3) is 0 Å². The molecule has 6 heteroatoms. The van der Waals surface area contributed by atoms with Gasteiger partial charge in [0.1, 0.15) is 5.82 Å². The maximum absolute atomic E-state index is 12.8. The summed E-state index contributed by atoms with van der Waals surface area (Å²) < 4.78 is 49.9. The summed E-state index contributed by atoms with van der Waals surface area (Å²) in [7, 11) is 0. The van der Waals surface area contributed by atoms with Crippen molar-refractivity contribution in [3.05, 3.63) is 29.1 Å². The summed E-state index contributed by atoms with van der Waals surface area (Å²) in [5.74, 6) is -0.840. The predicted octanol–water partition coefficient (Wildman–Crippen LogP) is 3.32. The number of halogens is 5. The number of rotatable bonds is 1. The van der Waals surface area contributed by atoms with Crippen LogP contribution in [-0.2, 0) is 11.5 Å². The molecule has 0 unspecified atom stereocenters. The van der Waals surface area contributed by atoms with E-state index in [-0.39, 0.29) is 10.9 Å². The first-order chi connectivity index (χ1) is 6.38. The molecule has 2 N–H and O–H groups in total. The van der Waals surface area contributed by atoms with Gasteiger partial charge in [-0.3, -0.25) is 0 Å². The van der Waals surface area contributed by atoms with Crippen molar-refractivity contribution in [3.63, 3.8) is 0 Å². The lowest BCUT2D eigenvalue weighted by Crippen LogP contribution is -2.11. The van der Waals surface area contributed by atoms with E-state index in [0.29, 0.717) is 12.1 Å². The number of nitrogens with two attached hydrogens (primary N) is 1. The zero-order chi connectivity index (χ0) is 10.9. The minimum absolute atomic E-state index is 0.133. The molecule has 0 aliphatic carbocycles. The van der Waals surface area contributed by atoms with Crippen molar-refractivity contribution in [1.29, 1.82) is 0 Å². The molecule has 0 spiro atoms. The van der Waals surface area contributed by atoms with Gasteiger partial charge < -0.3 is 5.73 Å². The molecule has 0 aromatic heterocycles. The van der Waals surface area contributed by atoms with E-state index in [2.05, 4.69) is 15.9 Å². The molecular weight excluding hydrogens is 266 g/mol. The first kappa shape index (κ1) is 11.3. The van der Waals surface area contributed by atoms with Crippen LogP contribution in [0.15, 0.2) is 12.1 Å². The summed E-state index contributed by atoms with van der Waals surface area (Å²) in [6.07, 6.45) is -4.51. The third-order valence-electron chi connectivity index (χ3n) is 1.74. The fourth-order valence-corrected chi connectivity index (χ4v) is 1.65. The van der Waals surface area contributed by atoms with Gasteiger partial charge in [0, 0.05) is 10.9 Å². The van der Waals surface area contributed by atoms with E-state index in [1.807, 2.05) is 0 Å². The highest BCUT2D eigenvalue weighted by Gasteiger charge is 2.34. The van der Waals surface area contributed by atoms with E-state index in [4.69, 9.17) is 5.73 Å². The molecule has 1 nitrogen and oxygen atoms in total. The van der Waals surface area contributed by atoms with Gasteiger partial charge in [-0.25, -0.2) is 4.39 Å². The zero-order valence-electron chi connectivity index (χ0n) is 6.83. The first-order valence-corrected chi connectivity index (χ1v) is 4.70. The molecule has 0 fully saturated rings. The van der Waals surface area contributed by atoms with Crippen molar-refractivity contribution in [2.75, 3.05) is 5.73 Å². The number of alkyl halides is 4. The van der Waals surface area contributed by atoms with Crippen molar-refractivity contribution in [2.24, 2.45) is 0 Å². The SMILES string of the molecule is Nc1c(F)ccc(C(F)(F)F)c1CBr. The molecule has 14 heavy (non-hydrogen) atoms. The van der Waals surface area contributed by atoms with Crippen molar-refractivity contribution in [2.45, 2.75) is 11.5 Å². The summed E-state index contributed by atoms with van der Waals surface area (Å²) in [5, 5.41) is -0.133. The van der Waals surface area contributed by atoms with Crippen molar-refractivity contribution in [3.8, 4) is 0 Å². The van der Waals surface area contributed by atoms with E-state index < -0.39 is 23.2 Å². The molecule has 0 heterocycles. The highest BCUT2D eigenvalue weighted by atomic mass is 79.9. The fourth-order valence-electron chi connectivity index (χ4n) is 1.05. The number of benzene rings is 1. The number of anilines is 1. The molecule has 0 radical (unpaired) electrons. The molecular formula is C8H6BrF4N. The Morgan fingerprint density at radius 2 is 1.86 bits per heavy atom. The van der Waals surface area contributed by atoms with Crippen molar-refractivity contribution in [1.82, 2.24) is 0 Å². The van der Waals surface area contributed by atoms with Gasteiger partial charge in [0.2, 0.25) is 0 Å². The van der Waals surface area contributed by atoms with E-state index in [0.717, 1.165) is 0 Å². The Bertz CT molecular complexity index is 348. The minimum atomic E-state index is -4.51. The largest absolute Gasteiger partial charge is 0.416 e. The normalized spacial score (nSPS) is 11.8. The topological polar surface area (TPSA) is 26.0 Å². The monoisotopic (exact) mass is 271 g/mol. The Morgan fingerprint density at radius 1 is 1.29 bits per heavy atom. The Labute approximate surface area is 86.0 Å². The molecule has 0 saturated carbocycles. The van der Waals surface area contributed by atoms with Crippen LogP contribution in [0, 0.1) is 5.82 Å². The summed E-state index contributed by atoms with van der Waals surface area (Å²) in [6.45, 7) is 0. The molecule has 0 atom stereocenters. The highest BCUT2D eigenvalue weighted by molar-refractivity contribution is 9.08. The van der Waals surface area contributed by atoms with Crippen LogP contribution in [0.25, 0.3) is 0 Å². The fraction of sp³-hybridized carbons (Fsp3) is 0.250. The van der Waals surface area contributed by atoms with Crippen LogP contribution in [0.3, 0.4) is 0 Å². The molecule has 0 aliphatic heterocycles. The van der Waals surface area contributed by atoms with E-state index >= 15 is 0 Å². The lowest BCUT2D eigenvalue weighted by atomic mass is 10.1. The molecule has 0 amide bonds. The van der Waals surface area contributed by atoms with E-state index in [9.17, 15) is 17.6 Å². The van der Waals surface area contributed by atoms with E-state index in [1.54, 1.807) is 0 Å². The van der Waals surface area contributed by atoms with Crippen LogP contribution in [-0.4, -0.2) is 0 Å². The second-order valence-corrected chi connectivity index (χ2v) is 3.18. The lowest BCUT2D eigenvalue weighted by molar-refractivity contribution is -0.138. The average Bonchev–Trinajstić information content (AvgIpc) is 2.07. The van der Waals surface area contributed by atoms with Gasteiger partial charge >= 0.3 is 6.18 Å². The third kappa shape index (κ3) is 2.00. The summed E-state index contributed by atoms with van der Waals surface area (Å²) >= 11 is 2.84. The second-order valence-electron chi connectivity index (χ2n) is 2.62. The van der Waals surface area contributed by atoms with E-state index in [1.165, 1.54) is 0 Å². The van der Waals surface area contributed by atoms with Crippen LogP contribution in [0.5, 0.6) is 0 Å².